The molecular weight excluding hydrogens is 309 g/mol. The molecule has 10 heteroatoms. The summed E-state index contributed by atoms with van der Waals surface area (Å²) >= 11 is 1.11. The zero-order valence-corrected chi connectivity index (χ0v) is 11.7. The maximum atomic E-state index is 10.6. The normalized spacial score (nSPS) is 30.4. The van der Waals surface area contributed by atoms with Crippen LogP contribution >= 0.6 is 19.2 Å². The van der Waals surface area contributed by atoms with Gasteiger partial charge in [0.15, 0.2) is 0 Å². The summed E-state index contributed by atoms with van der Waals surface area (Å²) in [5, 5.41) is 28.4. The summed E-state index contributed by atoms with van der Waals surface area (Å²) in [7, 11) is -4.67. The second-order valence-electron chi connectivity index (χ2n) is 4.18. The minimum absolute atomic E-state index is 0.431. The van der Waals surface area contributed by atoms with Crippen LogP contribution in [0.15, 0.2) is 12.1 Å². The lowest BCUT2D eigenvalue weighted by molar-refractivity contribution is -0.0213. The first kappa shape index (κ1) is 15.6. The van der Waals surface area contributed by atoms with E-state index < -0.39 is 38.8 Å². The number of rotatable bonds is 4. The van der Waals surface area contributed by atoms with E-state index in [1.54, 1.807) is 12.1 Å². The van der Waals surface area contributed by atoms with Crippen LogP contribution in [0.3, 0.4) is 0 Å². The lowest BCUT2D eigenvalue weighted by Crippen LogP contribution is -2.33. The van der Waals surface area contributed by atoms with E-state index in [4.69, 9.17) is 19.8 Å². The highest BCUT2D eigenvalue weighted by Crippen LogP contribution is 2.40. The van der Waals surface area contributed by atoms with Gasteiger partial charge in [-0.05, 0) is 12.1 Å². The topological polar surface area (TPSA) is 140 Å². The van der Waals surface area contributed by atoms with E-state index in [1.807, 2.05) is 6.07 Å². The molecule has 8 nitrogen and oxygen atoms in total. The van der Waals surface area contributed by atoms with Crippen LogP contribution in [0.5, 0.6) is 0 Å². The van der Waals surface area contributed by atoms with Crippen molar-refractivity contribution in [3.05, 3.63) is 21.9 Å². The smallest absolute Gasteiger partial charge is 0.387 e. The van der Waals surface area contributed by atoms with Crippen molar-refractivity contribution in [3.63, 3.8) is 0 Å². The quantitative estimate of drug-likeness (QED) is 0.563. The fourth-order valence-electron chi connectivity index (χ4n) is 1.86. The molecule has 0 aromatic carbocycles. The third kappa shape index (κ3) is 3.44. The van der Waals surface area contributed by atoms with Crippen molar-refractivity contribution in [1.82, 2.24) is 0 Å². The van der Waals surface area contributed by atoms with E-state index in [0.717, 1.165) is 11.3 Å². The molecule has 0 saturated carbocycles. The lowest BCUT2D eigenvalue weighted by atomic mass is 10.1. The van der Waals surface area contributed by atoms with Crippen LogP contribution in [-0.4, -0.2) is 44.9 Å². The Morgan fingerprint density at radius 2 is 2.10 bits per heavy atom. The van der Waals surface area contributed by atoms with Gasteiger partial charge in [0.2, 0.25) is 0 Å². The summed E-state index contributed by atoms with van der Waals surface area (Å²) in [5.74, 6) is 0. The molecule has 0 spiro atoms. The van der Waals surface area contributed by atoms with Crippen molar-refractivity contribution in [2.75, 3.05) is 6.61 Å². The van der Waals surface area contributed by atoms with E-state index in [0.29, 0.717) is 9.75 Å². The van der Waals surface area contributed by atoms with Crippen LogP contribution in [0.25, 0.3) is 0 Å². The molecule has 4 N–H and O–H groups in total. The average molecular weight is 321 g/mol. The summed E-state index contributed by atoms with van der Waals surface area (Å²) in [6, 6.07) is 5.10. The Kier molecular flexibility index (Phi) is 4.59. The van der Waals surface area contributed by atoms with Crippen LogP contribution in [0, 0.1) is 11.3 Å². The SMILES string of the molecule is N#Cc1ccc([C@H]2O[C@H](COP(=O)(O)O)[C@@H](O)[C@H]2O)s1. The molecule has 1 aromatic rings. The van der Waals surface area contributed by atoms with Crippen molar-refractivity contribution in [1.29, 1.82) is 5.26 Å². The van der Waals surface area contributed by atoms with Crippen molar-refractivity contribution < 1.29 is 33.8 Å². The van der Waals surface area contributed by atoms with Gasteiger partial charge in [0.05, 0.1) is 6.61 Å². The average Bonchev–Trinajstić information content (AvgIpc) is 2.94. The number of hydrogen-bond donors (Lipinski definition) is 4. The largest absolute Gasteiger partial charge is 0.469 e. The van der Waals surface area contributed by atoms with Crippen molar-refractivity contribution in [3.8, 4) is 6.07 Å². The Morgan fingerprint density at radius 1 is 1.40 bits per heavy atom. The molecule has 2 rings (SSSR count). The molecule has 0 amide bonds. The number of phosphoric ester groups is 1. The summed E-state index contributed by atoms with van der Waals surface area (Å²) < 4.78 is 20.2. The van der Waals surface area contributed by atoms with Crippen molar-refractivity contribution in [2.45, 2.75) is 24.4 Å². The van der Waals surface area contributed by atoms with E-state index in [1.165, 1.54) is 0 Å². The van der Waals surface area contributed by atoms with E-state index >= 15 is 0 Å². The first-order valence-electron chi connectivity index (χ1n) is 5.53. The zero-order valence-electron chi connectivity index (χ0n) is 9.99. The lowest BCUT2D eigenvalue weighted by Gasteiger charge is -2.14. The number of nitriles is 1. The standard InChI is InChI=1S/C10H12NO7PS/c11-3-5-1-2-7(20-5)10-9(13)8(12)6(18-10)4-17-19(14,15)16/h1-2,6,8-10,12-13H,4H2,(H2,14,15,16)/t6-,8-,9-,10-/m1/s1. The van der Waals surface area contributed by atoms with Gasteiger partial charge in [-0.3, -0.25) is 4.52 Å². The van der Waals surface area contributed by atoms with Gasteiger partial charge < -0.3 is 24.7 Å². The fraction of sp³-hybridized carbons (Fsp3) is 0.500. The highest BCUT2D eigenvalue weighted by molar-refractivity contribution is 7.46. The van der Waals surface area contributed by atoms with Crippen LogP contribution in [0.1, 0.15) is 15.9 Å². The predicted molar refractivity (Wildman–Crippen MR) is 66.7 cm³/mol. The fourth-order valence-corrected chi connectivity index (χ4v) is 3.08. The minimum Gasteiger partial charge on any atom is -0.387 e. The van der Waals surface area contributed by atoms with Crippen LogP contribution in [0.2, 0.25) is 0 Å². The van der Waals surface area contributed by atoms with Gasteiger partial charge in [0.1, 0.15) is 35.4 Å². The Balaban J connectivity index is 2.07. The number of thiophene rings is 1. The number of phosphoric acid groups is 1. The monoisotopic (exact) mass is 321 g/mol. The van der Waals surface area contributed by atoms with Gasteiger partial charge in [-0.2, -0.15) is 5.26 Å². The molecule has 20 heavy (non-hydrogen) atoms. The molecule has 4 atom stereocenters. The Hall–Kier alpha value is -0.820. The van der Waals surface area contributed by atoms with Gasteiger partial charge in [-0.15, -0.1) is 11.3 Å². The Morgan fingerprint density at radius 3 is 2.65 bits per heavy atom. The van der Waals surface area contributed by atoms with Crippen molar-refractivity contribution in [2.24, 2.45) is 0 Å². The Labute approximate surface area is 118 Å². The molecule has 1 saturated heterocycles. The molecule has 0 radical (unpaired) electrons. The van der Waals surface area contributed by atoms with Gasteiger partial charge in [-0.25, -0.2) is 4.57 Å². The molecule has 0 unspecified atom stereocenters. The summed E-state index contributed by atoms with van der Waals surface area (Å²) in [6.45, 7) is -0.546. The molecular formula is C10H12NO7PS. The highest BCUT2D eigenvalue weighted by Gasteiger charge is 2.44. The molecule has 110 valence electrons. The van der Waals surface area contributed by atoms with E-state index in [9.17, 15) is 14.8 Å². The number of ether oxygens (including phenoxy) is 1. The van der Waals surface area contributed by atoms with E-state index in [2.05, 4.69) is 4.52 Å². The maximum absolute atomic E-state index is 10.6. The molecule has 1 aromatic heterocycles. The van der Waals surface area contributed by atoms with Gasteiger partial charge in [-0.1, -0.05) is 0 Å². The van der Waals surface area contributed by atoms with Crippen LogP contribution < -0.4 is 0 Å². The highest BCUT2D eigenvalue weighted by atomic mass is 32.1. The number of aliphatic hydroxyl groups excluding tert-OH is 2. The van der Waals surface area contributed by atoms with Crippen LogP contribution in [-0.2, 0) is 13.8 Å². The zero-order chi connectivity index (χ0) is 14.9. The van der Waals surface area contributed by atoms with Crippen molar-refractivity contribution >= 4 is 19.2 Å². The Bertz CT molecular complexity index is 564. The molecule has 2 heterocycles. The van der Waals surface area contributed by atoms with Gasteiger partial charge in [0.25, 0.3) is 0 Å². The molecule has 0 aliphatic carbocycles. The summed E-state index contributed by atoms with van der Waals surface area (Å²) in [6.07, 6.45) is -4.51. The number of nitrogens with zero attached hydrogens (tertiary/aromatic N) is 1. The maximum Gasteiger partial charge on any atom is 0.469 e. The third-order valence-electron chi connectivity index (χ3n) is 2.79. The first-order valence-corrected chi connectivity index (χ1v) is 7.88. The van der Waals surface area contributed by atoms with Crippen LogP contribution in [0.4, 0.5) is 0 Å². The van der Waals surface area contributed by atoms with Gasteiger partial charge >= 0.3 is 7.82 Å². The van der Waals surface area contributed by atoms with Gasteiger partial charge in [0, 0.05) is 4.88 Å². The molecule has 1 aliphatic heterocycles. The number of aliphatic hydroxyl groups is 2. The predicted octanol–water partition coefficient (Wildman–Crippen LogP) is -0.109. The molecule has 0 bridgehead atoms. The second-order valence-corrected chi connectivity index (χ2v) is 6.53. The second kappa shape index (κ2) is 5.89. The first-order chi connectivity index (χ1) is 9.31. The summed E-state index contributed by atoms with van der Waals surface area (Å²) in [5.41, 5.74) is 0. The number of hydrogen-bond acceptors (Lipinski definition) is 7. The summed E-state index contributed by atoms with van der Waals surface area (Å²) in [4.78, 5) is 18.2. The van der Waals surface area contributed by atoms with E-state index in [-0.39, 0.29) is 0 Å². The molecule has 1 aliphatic rings. The molecule has 1 fully saturated rings. The third-order valence-corrected chi connectivity index (χ3v) is 4.32. The minimum atomic E-state index is -4.67.